The van der Waals surface area contributed by atoms with Crippen molar-refractivity contribution in [1.82, 2.24) is 9.47 Å². The van der Waals surface area contributed by atoms with E-state index in [2.05, 4.69) is 24.5 Å². The highest BCUT2D eigenvalue weighted by molar-refractivity contribution is 5.79. The van der Waals surface area contributed by atoms with E-state index in [0.717, 1.165) is 40.9 Å². The number of nitrogens with zero attached hydrogens (tertiary/aromatic N) is 2. The van der Waals surface area contributed by atoms with E-state index in [1.807, 2.05) is 55.6 Å². The van der Waals surface area contributed by atoms with Crippen LogP contribution in [0, 0.1) is 0 Å². The van der Waals surface area contributed by atoms with Gasteiger partial charge in [0.2, 0.25) is 0 Å². The lowest BCUT2D eigenvalue weighted by Crippen LogP contribution is -2.29. The zero-order valence-corrected chi connectivity index (χ0v) is 16.0. The fourth-order valence-corrected chi connectivity index (χ4v) is 3.29. The van der Waals surface area contributed by atoms with Crippen molar-refractivity contribution in [2.75, 3.05) is 13.2 Å². The molecular formula is C23H26N2O2. The smallest absolute Gasteiger partial charge is 0.255 e. The summed E-state index contributed by atoms with van der Waals surface area (Å²) >= 11 is 0. The van der Waals surface area contributed by atoms with E-state index in [1.165, 1.54) is 0 Å². The van der Waals surface area contributed by atoms with Crippen molar-refractivity contribution in [1.29, 1.82) is 0 Å². The predicted octanol–water partition coefficient (Wildman–Crippen LogP) is 4.13. The van der Waals surface area contributed by atoms with Gasteiger partial charge in [0.05, 0.1) is 5.52 Å². The number of hydrogen-bond donors (Lipinski definition) is 0. The molecule has 0 bridgehead atoms. The summed E-state index contributed by atoms with van der Waals surface area (Å²) in [6.07, 6.45) is 1.74. The van der Waals surface area contributed by atoms with Gasteiger partial charge in [0.25, 0.3) is 5.56 Å². The third kappa shape index (κ3) is 4.29. The maximum atomic E-state index is 12.8. The van der Waals surface area contributed by atoms with Crippen molar-refractivity contribution < 1.29 is 4.74 Å². The summed E-state index contributed by atoms with van der Waals surface area (Å²) in [4.78, 5) is 15.0. The summed E-state index contributed by atoms with van der Waals surface area (Å²) in [6.45, 7) is 8.46. The van der Waals surface area contributed by atoms with E-state index in [9.17, 15) is 4.79 Å². The fourth-order valence-electron chi connectivity index (χ4n) is 3.29. The average Bonchev–Trinajstić information content (AvgIpc) is 2.70. The highest BCUT2D eigenvalue weighted by atomic mass is 16.5. The summed E-state index contributed by atoms with van der Waals surface area (Å²) in [5.74, 6) is 0.863. The lowest BCUT2D eigenvalue weighted by molar-refractivity contribution is 0.262. The molecule has 1 heterocycles. The molecule has 0 N–H and O–H groups in total. The Balaban J connectivity index is 1.86. The van der Waals surface area contributed by atoms with Crippen molar-refractivity contribution in [3.63, 3.8) is 0 Å². The molecule has 0 aliphatic carbocycles. The van der Waals surface area contributed by atoms with Crippen LogP contribution >= 0.6 is 0 Å². The fraction of sp³-hybridized carbons (Fsp3) is 0.261. The molecule has 4 nitrogen and oxygen atoms in total. The van der Waals surface area contributed by atoms with E-state index in [4.69, 9.17) is 4.74 Å². The second-order valence-electron chi connectivity index (χ2n) is 6.60. The summed E-state index contributed by atoms with van der Waals surface area (Å²) in [7, 11) is 1.84. The van der Waals surface area contributed by atoms with Crippen molar-refractivity contribution >= 4 is 10.9 Å². The van der Waals surface area contributed by atoms with Gasteiger partial charge in [-0.15, -0.1) is 0 Å². The van der Waals surface area contributed by atoms with Crippen molar-refractivity contribution in [2.24, 2.45) is 7.05 Å². The molecule has 1 aromatic heterocycles. The Morgan fingerprint density at radius 1 is 1.07 bits per heavy atom. The zero-order valence-electron chi connectivity index (χ0n) is 16.0. The van der Waals surface area contributed by atoms with Crippen LogP contribution in [0.3, 0.4) is 0 Å². The van der Waals surface area contributed by atoms with Gasteiger partial charge in [0.15, 0.2) is 0 Å². The normalized spacial score (nSPS) is 11.1. The number of fused-ring (bicyclic) bond motifs is 1. The molecule has 0 spiro atoms. The standard InChI is InChI=1S/C23H26N2O2/c1-4-14-27-22-13-9-7-11-19(22)16-25(5-2)17-20-15-18-10-6-8-12-21(18)24(3)23(20)26/h4,6-13,15H,1,5,14,16-17H2,2-3H3. The molecule has 0 saturated heterocycles. The Hall–Kier alpha value is -2.85. The second kappa shape index (κ2) is 8.69. The minimum absolute atomic E-state index is 0.0587. The quantitative estimate of drug-likeness (QED) is 0.565. The minimum atomic E-state index is 0.0587. The Labute approximate surface area is 160 Å². The van der Waals surface area contributed by atoms with Gasteiger partial charge in [0.1, 0.15) is 12.4 Å². The van der Waals surface area contributed by atoms with Crippen LogP contribution in [0.25, 0.3) is 10.9 Å². The maximum Gasteiger partial charge on any atom is 0.255 e. The number of aryl methyl sites for hydroxylation is 1. The molecule has 0 unspecified atom stereocenters. The lowest BCUT2D eigenvalue weighted by atomic mass is 10.1. The van der Waals surface area contributed by atoms with Crippen LogP contribution in [-0.4, -0.2) is 22.6 Å². The van der Waals surface area contributed by atoms with Gasteiger partial charge in [-0.25, -0.2) is 0 Å². The predicted molar refractivity (Wildman–Crippen MR) is 111 cm³/mol. The van der Waals surface area contributed by atoms with Crippen LogP contribution in [0.15, 0.2) is 72.0 Å². The molecule has 0 aliphatic heterocycles. The average molecular weight is 362 g/mol. The van der Waals surface area contributed by atoms with Crippen LogP contribution in [0.2, 0.25) is 0 Å². The molecule has 3 rings (SSSR count). The molecule has 0 radical (unpaired) electrons. The molecule has 2 aromatic carbocycles. The van der Waals surface area contributed by atoms with Gasteiger partial charge in [-0.2, -0.15) is 0 Å². The van der Waals surface area contributed by atoms with Crippen LogP contribution in [0.1, 0.15) is 18.1 Å². The maximum absolute atomic E-state index is 12.8. The molecule has 0 amide bonds. The molecular weight excluding hydrogens is 336 g/mol. The van der Waals surface area contributed by atoms with Gasteiger partial charge in [-0.1, -0.05) is 56.0 Å². The van der Waals surface area contributed by atoms with Crippen LogP contribution in [0.4, 0.5) is 0 Å². The van der Waals surface area contributed by atoms with Crippen LogP contribution < -0.4 is 10.3 Å². The van der Waals surface area contributed by atoms with Crippen molar-refractivity contribution in [3.05, 3.63) is 88.7 Å². The number of aromatic nitrogens is 1. The third-order valence-corrected chi connectivity index (χ3v) is 4.77. The topological polar surface area (TPSA) is 34.5 Å². The largest absolute Gasteiger partial charge is 0.489 e. The number of benzene rings is 2. The van der Waals surface area contributed by atoms with E-state index in [-0.39, 0.29) is 5.56 Å². The van der Waals surface area contributed by atoms with E-state index in [0.29, 0.717) is 13.2 Å². The Morgan fingerprint density at radius 2 is 1.78 bits per heavy atom. The first-order valence-electron chi connectivity index (χ1n) is 9.25. The van der Waals surface area contributed by atoms with Crippen molar-refractivity contribution in [3.8, 4) is 5.75 Å². The molecule has 3 aromatic rings. The van der Waals surface area contributed by atoms with Gasteiger partial charge >= 0.3 is 0 Å². The lowest BCUT2D eigenvalue weighted by Gasteiger charge is -2.22. The number of para-hydroxylation sites is 2. The SMILES string of the molecule is C=CCOc1ccccc1CN(CC)Cc1cc2ccccc2n(C)c1=O. The number of rotatable bonds is 8. The summed E-state index contributed by atoms with van der Waals surface area (Å²) in [5.41, 5.74) is 2.93. The molecule has 0 aliphatic rings. The first-order chi connectivity index (χ1) is 13.1. The Bertz CT molecular complexity index is 991. The van der Waals surface area contributed by atoms with Crippen LogP contribution in [0.5, 0.6) is 5.75 Å². The van der Waals surface area contributed by atoms with E-state index in [1.54, 1.807) is 10.6 Å². The highest BCUT2D eigenvalue weighted by Gasteiger charge is 2.13. The van der Waals surface area contributed by atoms with E-state index < -0.39 is 0 Å². The monoisotopic (exact) mass is 362 g/mol. The number of ether oxygens (including phenoxy) is 1. The minimum Gasteiger partial charge on any atom is -0.489 e. The summed E-state index contributed by atoms with van der Waals surface area (Å²) < 4.78 is 7.51. The van der Waals surface area contributed by atoms with Crippen LogP contribution in [-0.2, 0) is 20.1 Å². The Kier molecular flexibility index (Phi) is 6.09. The van der Waals surface area contributed by atoms with Gasteiger partial charge < -0.3 is 9.30 Å². The van der Waals surface area contributed by atoms with Crippen molar-refractivity contribution in [2.45, 2.75) is 20.0 Å². The molecule has 140 valence electrons. The Morgan fingerprint density at radius 3 is 2.56 bits per heavy atom. The molecule has 0 atom stereocenters. The first kappa shape index (κ1) is 18.9. The summed E-state index contributed by atoms with van der Waals surface area (Å²) in [5, 5.41) is 1.08. The van der Waals surface area contributed by atoms with E-state index >= 15 is 0 Å². The third-order valence-electron chi connectivity index (χ3n) is 4.77. The molecule has 4 heteroatoms. The zero-order chi connectivity index (χ0) is 19.2. The molecule has 0 fully saturated rings. The highest BCUT2D eigenvalue weighted by Crippen LogP contribution is 2.21. The molecule has 27 heavy (non-hydrogen) atoms. The van der Waals surface area contributed by atoms with Gasteiger partial charge in [-0.3, -0.25) is 9.69 Å². The number of pyridine rings is 1. The number of hydrogen-bond acceptors (Lipinski definition) is 3. The van der Waals surface area contributed by atoms with Gasteiger partial charge in [-0.05, 0) is 30.1 Å². The summed E-state index contributed by atoms with van der Waals surface area (Å²) in [6, 6.07) is 18.0. The molecule has 0 saturated carbocycles. The van der Waals surface area contributed by atoms with Gasteiger partial charge in [0, 0.05) is 31.3 Å². The second-order valence-corrected chi connectivity index (χ2v) is 6.60. The first-order valence-corrected chi connectivity index (χ1v) is 9.25.